The average Bonchev–Trinajstić information content (AvgIpc) is 2.54. The van der Waals surface area contributed by atoms with Crippen LogP contribution >= 0.6 is 11.6 Å². The van der Waals surface area contributed by atoms with Gasteiger partial charge < -0.3 is 5.32 Å². The van der Waals surface area contributed by atoms with Crippen molar-refractivity contribution in [2.45, 2.75) is 0 Å². The number of nitro benzene ring substituents is 3. The normalized spacial score (nSPS) is 10.1. The first-order valence-electron chi connectivity index (χ1n) is 6.39. The van der Waals surface area contributed by atoms with E-state index in [0.29, 0.717) is 6.07 Å². The van der Waals surface area contributed by atoms with Gasteiger partial charge in [0.2, 0.25) is 0 Å². The number of non-ortho nitro benzene ring substituents is 2. The van der Waals surface area contributed by atoms with E-state index in [0.717, 1.165) is 30.3 Å². The van der Waals surface area contributed by atoms with Gasteiger partial charge in [-0.2, -0.15) is 0 Å². The summed E-state index contributed by atoms with van der Waals surface area (Å²) in [6.45, 7) is 0. The molecule has 0 saturated carbocycles. The Morgan fingerprint density at radius 1 is 0.880 bits per heavy atom. The summed E-state index contributed by atoms with van der Waals surface area (Å²) in [5, 5.41) is 34.6. The summed E-state index contributed by atoms with van der Waals surface area (Å²) in [4.78, 5) is 42.3. The quantitative estimate of drug-likeness (QED) is 0.627. The lowest BCUT2D eigenvalue weighted by molar-refractivity contribution is -0.393. The zero-order chi connectivity index (χ0) is 18.7. The lowest BCUT2D eigenvalue weighted by atomic mass is 10.1. The second-order valence-corrected chi connectivity index (χ2v) is 5.00. The highest BCUT2D eigenvalue weighted by atomic mass is 35.5. The standard InChI is InChI=1S/C13H7ClN4O7/c14-10-3-1-7(16(20)21)5-9(10)13(19)15-11-4-2-8(17(22)23)6-12(11)18(24)25/h1-6H,(H,15,19). The second-order valence-electron chi connectivity index (χ2n) is 4.59. The van der Waals surface area contributed by atoms with Gasteiger partial charge in [-0.15, -0.1) is 0 Å². The van der Waals surface area contributed by atoms with E-state index >= 15 is 0 Å². The van der Waals surface area contributed by atoms with Crippen molar-refractivity contribution in [3.8, 4) is 0 Å². The van der Waals surface area contributed by atoms with Crippen LogP contribution in [0.25, 0.3) is 0 Å². The molecule has 0 aliphatic rings. The third-order valence-electron chi connectivity index (χ3n) is 3.04. The van der Waals surface area contributed by atoms with Crippen molar-refractivity contribution in [1.82, 2.24) is 0 Å². The number of halogens is 1. The Bertz CT molecular complexity index is 915. The van der Waals surface area contributed by atoms with E-state index in [9.17, 15) is 35.1 Å². The van der Waals surface area contributed by atoms with Gasteiger partial charge in [-0.3, -0.25) is 35.1 Å². The fraction of sp³-hybridized carbons (Fsp3) is 0. The van der Waals surface area contributed by atoms with Gasteiger partial charge in [0.25, 0.3) is 23.0 Å². The topological polar surface area (TPSA) is 159 Å². The summed E-state index contributed by atoms with van der Waals surface area (Å²) < 4.78 is 0. The van der Waals surface area contributed by atoms with Crippen molar-refractivity contribution in [3.63, 3.8) is 0 Å². The van der Waals surface area contributed by atoms with Gasteiger partial charge in [0, 0.05) is 18.2 Å². The first-order valence-corrected chi connectivity index (χ1v) is 6.76. The molecule has 0 spiro atoms. The Hall–Kier alpha value is -3.60. The molecule has 0 atom stereocenters. The van der Waals surface area contributed by atoms with Crippen molar-refractivity contribution in [1.29, 1.82) is 0 Å². The third kappa shape index (κ3) is 3.84. The molecule has 0 heterocycles. The molecule has 0 aliphatic carbocycles. The number of benzene rings is 2. The summed E-state index contributed by atoms with van der Waals surface area (Å²) in [7, 11) is 0. The predicted molar refractivity (Wildman–Crippen MR) is 85.8 cm³/mol. The van der Waals surface area contributed by atoms with Crippen molar-refractivity contribution >= 4 is 40.3 Å². The first kappa shape index (κ1) is 17.7. The van der Waals surface area contributed by atoms with E-state index in [1.165, 1.54) is 0 Å². The van der Waals surface area contributed by atoms with Crippen LogP contribution in [0.2, 0.25) is 5.02 Å². The highest BCUT2D eigenvalue weighted by Gasteiger charge is 2.23. The molecule has 12 heteroatoms. The van der Waals surface area contributed by atoms with Gasteiger partial charge in [-0.25, -0.2) is 0 Å². The van der Waals surface area contributed by atoms with Crippen LogP contribution in [0, 0.1) is 30.3 Å². The predicted octanol–water partition coefficient (Wildman–Crippen LogP) is 3.32. The maximum absolute atomic E-state index is 12.2. The Morgan fingerprint density at radius 3 is 2.00 bits per heavy atom. The highest BCUT2D eigenvalue weighted by Crippen LogP contribution is 2.30. The second kappa shape index (κ2) is 6.88. The van der Waals surface area contributed by atoms with Gasteiger partial charge in [0.1, 0.15) is 5.69 Å². The highest BCUT2D eigenvalue weighted by molar-refractivity contribution is 6.34. The van der Waals surface area contributed by atoms with Crippen LogP contribution in [0.5, 0.6) is 0 Å². The minimum Gasteiger partial charge on any atom is -0.316 e. The zero-order valence-electron chi connectivity index (χ0n) is 12.0. The van der Waals surface area contributed by atoms with E-state index < -0.39 is 37.7 Å². The molecule has 0 aliphatic heterocycles. The number of nitro groups is 3. The number of carbonyl (C=O) groups is 1. The van der Waals surface area contributed by atoms with Crippen LogP contribution < -0.4 is 5.32 Å². The van der Waals surface area contributed by atoms with Gasteiger partial charge in [-0.1, -0.05) is 11.6 Å². The van der Waals surface area contributed by atoms with Crippen molar-refractivity contribution < 1.29 is 19.6 Å². The molecule has 0 aromatic heterocycles. The van der Waals surface area contributed by atoms with Crippen LogP contribution in [0.4, 0.5) is 22.7 Å². The van der Waals surface area contributed by atoms with Crippen LogP contribution in [0.3, 0.4) is 0 Å². The fourth-order valence-electron chi connectivity index (χ4n) is 1.88. The van der Waals surface area contributed by atoms with Crippen molar-refractivity contribution in [2.75, 3.05) is 5.32 Å². The Kier molecular flexibility index (Phi) is 4.89. The molecule has 0 unspecified atom stereocenters. The molecule has 11 nitrogen and oxygen atoms in total. The van der Waals surface area contributed by atoms with Crippen LogP contribution in [-0.4, -0.2) is 20.7 Å². The number of anilines is 1. The van der Waals surface area contributed by atoms with E-state index in [-0.39, 0.29) is 16.3 Å². The smallest absolute Gasteiger partial charge is 0.299 e. The number of rotatable bonds is 5. The molecule has 1 amide bonds. The van der Waals surface area contributed by atoms with Crippen molar-refractivity contribution in [2.24, 2.45) is 0 Å². The maximum atomic E-state index is 12.2. The lowest BCUT2D eigenvalue weighted by Crippen LogP contribution is -2.14. The molecule has 1 N–H and O–H groups in total. The number of amides is 1. The lowest BCUT2D eigenvalue weighted by Gasteiger charge is -2.07. The minimum absolute atomic E-state index is 0.104. The monoisotopic (exact) mass is 366 g/mol. The van der Waals surface area contributed by atoms with Gasteiger partial charge in [-0.05, 0) is 12.1 Å². The van der Waals surface area contributed by atoms with Gasteiger partial charge in [0.15, 0.2) is 0 Å². The van der Waals surface area contributed by atoms with E-state index in [1.54, 1.807) is 0 Å². The van der Waals surface area contributed by atoms with E-state index in [4.69, 9.17) is 11.6 Å². The number of hydrogen-bond donors (Lipinski definition) is 1. The van der Waals surface area contributed by atoms with Gasteiger partial charge >= 0.3 is 0 Å². The van der Waals surface area contributed by atoms with E-state index in [2.05, 4.69) is 5.32 Å². The molecule has 25 heavy (non-hydrogen) atoms. The SMILES string of the molecule is O=C(Nc1ccc([N+](=O)[O-])cc1[N+](=O)[O-])c1cc([N+](=O)[O-])ccc1Cl. The molecule has 0 bridgehead atoms. The number of nitrogens with zero attached hydrogens (tertiary/aromatic N) is 3. The molecule has 0 saturated heterocycles. The largest absolute Gasteiger partial charge is 0.316 e. The maximum Gasteiger partial charge on any atom is 0.299 e. The summed E-state index contributed by atoms with van der Waals surface area (Å²) in [5.41, 5.74) is -2.22. The molecular weight excluding hydrogens is 360 g/mol. The Morgan fingerprint density at radius 2 is 1.44 bits per heavy atom. The Labute approximate surface area is 143 Å². The molecular formula is C13H7ClN4O7. The van der Waals surface area contributed by atoms with Crippen LogP contribution in [0.15, 0.2) is 36.4 Å². The molecule has 2 rings (SSSR count). The number of carbonyl (C=O) groups excluding carboxylic acids is 1. The molecule has 128 valence electrons. The van der Waals surface area contributed by atoms with Gasteiger partial charge in [0.05, 0.1) is 31.4 Å². The average molecular weight is 367 g/mol. The third-order valence-corrected chi connectivity index (χ3v) is 3.37. The fourth-order valence-corrected chi connectivity index (χ4v) is 2.08. The number of nitrogens with one attached hydrogen (secondary N) is 1. The molecule has 2 aromatic carbocycles. The summed E-state index contributed by atoms with van der Waals surface area (Å²) >= 11 is 5.82. The van der Waals surface area contributed by atoms with Crippen molar-refractivity contribution in [3.05, 3.63) is 77.3 Å². The summed E-state index contributed by atoms with van der Waals surface area (Å²) in [6.07, 6.45) is 0. The number of hydrogen-bond acceptors (Lipinski definition) is 7. The van der Waals surface area contributed by atoms with Crippen LogP contribution in [-0.2, 0) is 0 Å². The molecule has 2 aromatic rings. The first-order chi connectivity index (χ1) is 11.7. The molecule has 0 radical (unpaired) electrons. The van der Waals surface area contributed by atoms with E-state index in [1.807, 2.05) is 0 Å². The summed E-state index contributed by atoms with van der Waals surface area (Å²) in [5.74, 6) is -0.939. The van der Waals surface area contributed by atoms with Crippen LogP contribution in [0.1, 0.15) is 10.4 Å². The Balaban J connectivity index is 2.41. The minimum atomic E-state index is -0.939. The summed E-state index contributed by atoms with van der Waals surface area (Å²) in [6, 6.07) is 5.78. The molecule has 0 fully saturated rings. The zero-order valence-corrected chi connectivity index (χ0v) is 12.8.